The highest BCUT2D eigenvalue weighted by Crippen LogP contribution is 2.39. The molecule has 4 nitrogen and oxygen atoms in total. The Labute approximate surface area is 103 Å². The Kier molecular flexibility index (Phi) is 4.24. The predicted octanol–water partition coefficient (Wildman–Crippen LogP) is 2.09. The predicted molar refractivity (Wildman–Crippen MR) is 56.8 cm³/mol. The average Bonchev–Trinajstić information content (AvgIpc) is 2.24. The maximum Gasteiger partial charge on any atom is 0.471 e. The van der Waals surface area contributed by atoms with Gasteiger partial charge < -0.3 is 10.4 Å². The van der Waals surface area contributed by atoms with E-state index in [0.29, 0.717) is 12.8 Å². The van der Waals surface area contributed by atoms with Crippen molar-refractivity contribution in [3.05, 3.63) is 0 Å². The summed E-state index contributed by atoms with van der Waals surface area (Å²) in [6.45, 7) is 1.61. The quantitative estimate of drug-likeness (QED) is 0.822. The molecular weight excluding hydrogens is 251 g/mol. The van der Waals surface area contributed by atoms with Gasteiger partial charge in [-0.05, 0) is 18.3 Å². The highest BCUT2D eigenvalue weighted by atomic mass is 19.4. The molecule has 0 saturated heterocycles. The van der Waals surface area contributed by atoms with Gasteiger partial charge in [0.05, 0.1) is 0 Å². The first kappa shape index (κ1) is 14.8. The highest BCUT2D eigenvalue weighted by Gasteiger charge is 2.46. The summed E-state index contributed by atoms with van der Waals surface area (Å²) in [5.41, 5.74) is -0.814. The Morgan fingerprint density at radius 1 is 1.22 bits per heavy atom. The van der Waals surface area contributed by atoms with Crippen LogP contribution in [0, 0.1) is 5.41 Å². The topological polar surface area (TPSA) is 66.4 Å². The molecule has 2 N–H and O–H groups in total. The van der Waals surface area contributed by atoms with Crippen LogP contribution in [-0.2, 0) is 9.59 Å². The van der Waals surface area contributed by atoms with Crippen LogP contribution in [0.1, 0.15) is 39.0 Å². The van der Waals surface area contributed by atoms with Gasteiger partial charge in [-0.25, -0.2) is 4.79 Å². The number of alkyl halides is 3. The molecule has 0 aromatic rings. The van der Waals surface area contributed by atoms with Gasteiger partial charge in [-0.1, -0.05) is 26.2 Å². The van der Waals surface area contributed by atoms with Crippen molar-refractivity contribution in [1.82, 2.24) is 5.32 Å². The zero-order valence-corrected chi connectivity index (χ0v) is 10.0. The molecular formula is C11H16F3NO3. The molecule has 0 bridgehead atoms. The molecule has 18 heavy (non-hydrogen) atoms. The van der Waals surface area contributed by atoms with Gasteiger partial charge >= 0.3 is 18.1 Å². The number of nitrogens with one attached hydrogen (secondary N) is 1. The van der Waals surface area contributed by atoms with Crippen LogP contribution in [0.25, 0.3) is 0 Å². The molecule has 7 heteroatoms. The molecule has 0 radical (unpaired) electrons. The molecule has 1 saturated carbocycles. The van der Waals surface area contributed by atoms with Gasteiger partial charge in [0.15, 0.2) is 0 Å². The number of halogens is 3. The standard InChI is InChI=1S/C11H16F3NO3/c1-10(5-3-2-4-6-10)7(8(16)17)15-9(18)11(12,13)14/h7H,2-6H2,1H3,(H,15,18)(H,16,17). The fourth-order valence-corrected chi connectivity index (χ4v) is 2.40. The van der Waals surface area contributed by atoms with Crippen LogP contribution in [0.3, 0.4) is 0 Å². The second-order valence-electron chi connectivity index (χ2n) is 4.96. The molecule has 1 amide bonds. The lowest BCUT2D eigenvalue weighted by molar-refractivity contribution is -0.177. The van der Waals surface area contributed by atoms with Crippen LogP contribution in [0.2, 0.25) is 0 Å². The Morgan fingerprint density at radius 2 is 1.72 bits per heavy atom. The molecule has 0 aliphatic heterocycles. The van der Waals surface area contributed by atoms with Crippen LogP contribution in [0.4, 0.5) is 13.2 Å². The second kappa shape index (κ2) is 5.16. The van der Waals surface area contributed by atoms with Gasteiger partial charge in [-0.15, -0.1) is 0 Å². The molecule has 0 aromatic heterocycles. The number of carbonyl (C=O) groups is 2. The number of carboxylic acid groups (broad SMARTS) is 1. The number of carbonyl (C=O) groups excluding carboxylic acids is 1. The lowest BCUT2D eigenvalue weighted by Crippen LogP contribution is -2.55. The number of aliphatic carboxylic acids is 1. The largest absolute Gasteiger partial charge is 0.480 e. The van der Waals surface area contributed by atoms with E-state index in [0.717, 1.165) is 19.3 Å². The van der Waals surface area contributed by atoms with E-state index in [9.17, 15) is 22.8 Å². The van der Waals surface area contributed by atoms with E-state index in [4.69, 9.17) is 5.11 Å². The van der Waals surface area contributed by atoms with Crippen molar-refractivity contribution in [3.8, 4) is 0 Å². The first-order valence-electron chi connectivity index (χ1n) is 5.77. The molecule has 0 spiro atoms. The lowest BCUT2D eigenvalue weighted by Gasteiger charge is -2.38. The average molecular weight is 267 g/mol. The molecule has 1 aliphatic rings. The fraction of sp³-hybridized carbons (Fsp3) is 0.818. The van der Waals surface area contributed by atoms with Crippen molar-refractivity contribution < 1.29 is 27.9 Å². The summed E-state index contributed by atoms with van der Waals surface area (Å²) >= 11 is 0. The molecule has 1 atom stereocenters. The first-order valence-corrected chi connectivity index (χ1v) is 5.77. The summed E-state index contributed by atoms with van der Waals surface area (Å²) in [7, 11) is 0. The summed E-state index contributed by atoms with van der Waals surface area (Å²) in [6, 6.07) is -1.49. The summed E-state index contributed by atoms with van der Waals surface area (Å²) < 4.78 is 36.5. The van der Waals surface area contributed by atoms with Crippen molar-refractivity contribution in [3.63, 3.8) is 0 Å². The number of amides is 1. The van der Waals surface area contributed by atoms with Gasteiger partial charge in [-0.3, -0.25) is 4.79 Å². The maximum atomic E-state index is 12.2. The first-order chi connectivity index (χ1) is 8.17. The molecule has 104 valence electrons. The fourth-order valence-electron chi connectivity index (χ4n) is 2.40. The molecule has 0 heterocycles. The van der Waals surface area contributed by atoms with Gasteiger partial charge in [0.2, 0.25) is 0 Å². The van der Waals surface area contributed by atoms with Crippen LogP contribution in [0.15, 0.2) is 0 Å². The van der Waals surface area contributed by atoms with Crippen LogP contribution in [-0.4, -0.2) is 29.2 Å². The summed E-state index contributed by atoms with van der Waals surface area (Å²) in [4.78, 5) is 21.9. The smallest absolute Gasteiger partial charge is 0.471 e. The van der Waals surface area contributed by atoms with Crippen LogP contribution in [0.5, 0.6) is 0 Å². The zero-order valence-electron chi connectivity index (χ0n) is 10.0. The van der Waals surface area contributed by atoms with E-state index in [1.165, 1.54) is 0 Å². The molecule has 1 unspecified atom stereocenters. The van der Waals surface area contributed by atoms with E-state index in [1.807, 2.05) is 0 Å². The van der Waals surface area contributed by atoms with Crippen molar-refractivity contribution in [2.45, 2.75) is 51.2 Å². The van der Waals surface area contributed by atoms with Gasteiger partial charge in [-0.2, -0.15) is 13.2 Å². The third-order valence-corrected chi connectivity index (χ3v) is 3.47. The monoisotopic (exact) mass is 267 g/mol. The van der Waals surface area contributed by atoms with Crippen LogP contribution < -0.4 is 5.32 Å². The zero-order chi connectivity index (χ0) is 14.0. The molecule has 1 rings (SSSR count). The third-order valence-electron chi connectivity index (χ3n) is 3.47. The molecule has 1 fully saturated rings. The van der Waals surface area contributed by atoms with E-state index in [2.05, 4.69) is 0 Å². The number of carboxylic acids is 1. The normalized spacial score (nSPS) is 21.1. The Balaban J connectivity index is 2.83. The van der Waals surface area contributed by atoms with Crippen LogP contribution >= 0.6 is 0 Å². The van der Waals surface area contributed by atoms with Gasteiger partial charge in [0.25, 0.3) is 0 Å². The van der Waals surface area contributed by atoms with E-state index in [-0.39, 0.29) is 0 Å². The third kappa shape index (κ3) is 3.36. The SMILES string of the molecule is CC1(C(NC(=O)C(F)(F)F)C(=O)O)CCCCC1. The van der Waals surface area contributed by atoms with Gasteiger partial charge in [0.1, 0.15) is 6.04 Å². The van der Waals surface area contributed by atoms with Crippen molar-refractivity contribution >= 4 is 11.9 Å². The van der Waals surface area contributed by atoms with E-state index in [1.54, 1.807) is 12.2 Å². The van der Waals surface area contributed by atoms with Crippen molar-refractivity contribution in [1.29, 1.82) is 0 Å². The number of hydrogen-bond donors (Lipinski definition) is 2. The Hall–Kier alpha value is -1.27. The number of hydrogen-bond acceptors (Lipinski definition) is 2. The highest BCUT2D eigenvalue weighted by molar-refractivity contribution is 5.87. The summed E-state index contributed by atoms with van der Waals surface area (Å²) in [5.74, 6) is -3.61. The Bertz CT molecular complexity index is 335. The minimum absolute atomic E-state index is 0.502. The van der Waals surface area contributed by atoms with Gasteiger partial charge in [0, 0.05) is 0 Å². The summed E-state index contributed by atoms with van der Waals surface area (Å²) in [6.07, 6.45) is -1.58. The molecule has 0 aromatic carbocycles. The minimum atomic E-state index is -5.06. The Morgan fingerprint density at radius 3 is 2.11 bits per heavy atom. The number of rotatable bonds is 3. The molecule has 1 aliphatic carbocycles. The summed E-state index contributed by atoms with van der Waals surface area (Å²) in [5, 5.41) is 10.6. The van der Waals surface area contributed by atoms with E-state index >= 15 is 0 Å². The lowest BCUT2D eigenvalue weighted by atomic mass is 9.70. The maximum absolute atomic E-state index is 12.2. The van der Waals surface area contributed by atoms with Crippen molar-refractivity contribution in [2.24, 2.45) is 5.41 Å². The van der Waals surface area contributed by atoms with E-state index < -0.39 is 29.5 Å². The van der Waals surface area contributed by atoms with Crippen molar-refractivity contribution in [2.75, 3.05) is 0 Å². The second-order valence-corrected chi connectivity index (χ2v) is 4.96. The minimum Gasteiger partial charge on any atom is -0.480 e.